The molecule has 19 heavy (non-hydrogen) atoms. The molecule has 0 atom stereocenters. The van der Waals surface area contributed by atoms with Crippen LogP contribution in [-0.4, -0.2) is 54.3 Å². The molecule has 0 aromatic carbocycles. The number of hydrogen-bond acceptors (Lipinski definition) is 6. The lowest BCUT2D eigenvalue weighted by atomic mass is 10.4. The van der Waals surface area contributed by atoms with Gasteiger partial charge in [0.2, 0.25) is 5.91 Å². The zero-order valence-electron chi connectivity index (χ0n) is 10.9. The molecule has 2 heterocycles. The van der Waals surface area contributed by atoms with Gasteiger partial charge in [0, 0.05) is 25.4 Å². The molecule has 6 nitrogen and oxygen atoms in total. The number of nitrogens with zero attached hydrogens (tertiary/aromatic N) is 2. The van der Waals surface area contributed by atoms with Gasteiger partial charge < -0.3 is 10.6 Å². The molecule has 1 amide bonds. The molecule has 1 fully saturated rings. The number of thiazole rings is 1. The quantitative estimate of drug-likeness (QED) is 0.790. The average Bonchev–Trinajstić information content (AvgIpc) is 2.67. The number of hydrogen-bond donors (Lipinski definition) is 2. The van der Waals surface area contributed by atoms with Gasteiger partial charge in [-0.1, -0.05) is 0 Å². The fourth-order valence-corrected chi connectivity index (χ4v) is 2.68. The lowest BCUT2D eigenvalue weighted by Gasteiger charge is -2.17. The van der Waals surface area contributed by atoms with E-state index in [4.69, 9.17) is 0 Å². The minimum absolute atomic E-state index is 0.0775. The van der Waals surface area contributed by atoms with Crippen molar-refractivity contribution in [3.63, 3.8) is 0 Å². The molecule has 1 aliphatic rings. The Kier molecular flexibility index (Phi) is 5.00. The second-order valence-corrected chi connectivity index (χ2v) is 5.38. The van der Waals surface area contributed by atoms with Crippen molar-refractivity contribution in [2.24, 2.45) is 0 Å². The van der Waals surface area contributed by atoms with E-state index in [9.17, 15) is 9.59 Å². The van der Waals surface area contributed by atoms with Gasteiger partial charge in [-0.2, -0.15) is 0 Å². The fraction of sp³-hybridized carbons (Fsp3) is 0.583. The Balaban J connectivity index is 1.84. The molecule has 0 bridgehead atoms. The van der Waals surface area contributed by atoms with E-state index < -0.39 is 0 Å². The van der Waals surface area contributed by atoms with Crippen LogP contribution in [0.1, 0.15) is 23.8 Å². The molecule has 1 aliphatic heterocycles. The van der Waals surface area contributed by atoms with Crippen LogP contribution in [0.15, 0.2) is 5.38 Å². The van der Waals surface area contributed by atoms with Gasteiger partial charge in [0.05, 0.1) is 6.54 Å². The first kappa shape index (κ1) is 14.1. The lowest BCUT2D eigenvalue weighted by Crippen LogP contribution is -2.35. The van der Waals surface area contributed by atoms with Gasteiger partial charge >= 0.3 is 0 Å². The van der Waals surface area contributed by atoms with Crippen LogP contribution >= 0.6 is 11.3 Å². The molecular formula is C12H18N4O2S. The number of amides is 1. The van der Waals surface area contributed by atoms with Crippen LogP contribution in [0.25, 0.3) is 0 Å². The summed E-state index contributed by atoms with van der Waals surface area (Å²) in [7, 11) is 0. The molecule has 1 aromatic rings. The molecule has 0 spiro atoms. The van der Waals surface area contributed by atoms with E-state index in [1.807, 2.05) is 0 Å². The molecule has 1 aromatic heterocycles. The third-order valence-electron chi connectivity index (χ3n) is 2.91. The van der Waals surface area contributed by atoms with E-state index in [1.165, 1.54) is 18.3 Å². The van der Waals surface area contributed by atoms with Crippen molar-refractivity contribution >= 4 is 28.2 Å². The van der Waals surface area contributed by atoms with Crippen LogP contribution in [0.4, 0.5) is 5.13 Å². The van der Waals surface area contributed by atoms with Crippen molar-refractivity contribution in [2.45, 2.75) is 13.3 Å². The summed E-state index contributed by atoms with van der Waals surface area (Å²) in [5, 5.41) is 8.18. The molecule has 0 saturated carbocycles. The molecule has 0 radical (unpaired) electrons. The summed E-state index contributed by atoms with van der Waals surface area (Å²) in [5.74, 6) is -0.165. The third-order valence-corrected chi connectivity index (χ3v) is 3.67. The Hall–Kier alpha value is -1.31. The molecule has 2 N–H and O–H groups in total. The Morgan fingerprint density at radius 2 is 2.32 bits per heavy atom. The van der Waals surface area contributed by atoms with Crippen LogP contribution in [-0.2, 0) is 4.79 Å². The van der Waals surface area contributed by atoms with Gasteiger partial charge in [0.1, 0.15) is 5.69 Å². The van der Waals surface area contributed by atoms with Gasteiger partial charge in [-0.3, -0.25) is 14.5 Å². The standard InChI is InChI=1S/C12H18N4O2S/c1-9(17)10-8-19-12(14-10)15-11(18)7-16-5-2-3-13-4-6-16/h8,13H,2-7H2,1H3,(H,14,15,18). The molecule has 2 rings (SSSR count). The van der Waals surface area contributed by atoms with Crippen LogP contribution < -0.4 is 10.6 Å². The van der Waals surface area contributed by atoms with E-state index in [0.29, 0.717) is 17.4 Å². The summed E-state index contributed by atoms with van der Waals surface area (Å²) in [6, 6.07) is 0. The zero-order valence-corrected chi connectivity index (χ0v) is 11.8. The van der Waals surface area contributed by atoms with Gasteiger partial charge in [0.15, 0.2) is 10.9 Å². The number of rotatable bonds is 4. The largest absolute Gasteiger partial charge is 0.315 e. The van der Waals surface area contributed by atoms with Gasteiger partial charge in [-0.15, -0.1) is 11.3 Å². The number of aromatic nitrogens is 1. The summed E-state index contributed by atoms with van der Waals surface area (Å²) < 4.78 is 0. The first-order valence-electron chi connectivity index (χ1n) is 6.34. The minimum Gasteiger partial charge on any atom is -0.315 e. The Morgan fingerprint density at radius 1 is 1.47 bits per heavy atom. The first-order chi connectivity index (χ1) is 9.15. The van der Waals surface area contributed by atoms with Crippen molar-refractivity contribution in [3.8, 4) is 0 Å². The maximum Gasteiger partial charge on any atom is 0.240 e. The summed E-state index contributed by atoms with van der Waals surface area (Å²) in [5.41, 5.74) is 0.402. The highest BCUT2D eigenvalue weighted by atomic mass is 32.1. The molecule has 1 saturated heterocycles. The molecule has 104 valence electrons. The topological polar surface area (TPSA) is 74.3 Å². The summed E-state index contributed by atoms with van der Waals surface area (Å²) >= 11 is 1.28. The van der Waals surface area contributed by atoms with Crippen molar-refractivity contribution in [3.05, 3.63) is 11.1 Å². The van der Waals surface area contributed by atoms with Crippen molar-refractivity contribution < 1.29 is 9.59 Å². The SMILES string of the molecule is CC(=O)c1csc(NC(=O)CN2CCCNCC2)n1. The van der Waals surface area contributed by atoms with E-state index in [-0.39, 0.29) is 11.7 Å². The summed E-state index contributed by atoms with van der Waals surface area (Å²) in [6.07, 6.45) is 1.05. The number of carbonyl (C=O) groups excluding carboxylic acids is 2. The zero-order chi connectivity index (χ0) is 13.7. The van der Waals surface area contributed by atoms with E-state index in [2.05, 4.69) is 20.5 Å². The van der Waals surface area contributed by atoms with Crippen LogP contribution in [0.2, 0.25) is 0 Å². The monoisotopic (exact) mass is 282 g/mol. The van der Waals surface area contributed by atoms with E-state index in [1.54, 1.807) is 5.38 Å². The minimum atomic E-state index is -0.0876. The summed E-state index contributed by atoms with van der Waals surface area (Å²) in [6.45, 7) is 5.56. The van der Waals surface area contributed by atoms with Gasteiger partial charge in [0.25, 0.3) is 0 Å². The van der Waals surface area contributed by atoms with Crippen LogP contribution in [0.3, 0.4) is 0 Å². The molecule has 0 unspecified atom stereocenters. The number of Topliss-reactive ketones (excluding diaryl/α,β-unsaturated/α-hetero) is 1. The smallest absolute Gasteiger partial charge is 0.240 e. The highest BCUT2D eigenvalue weighted by molar-refractivity contribution is 7.14. The van der Waals surface area contributed by atoms with Crippen molar-refractivity contribution in [1.29, 1.82) is 0 Å². The normalized spacial score (nSPS) is 16.9. The average molecular weight is 282 g/mol. The number of carbonyl (C=O) groups is 2. The van der Waals surface area contributed by atoms with Crippen LogP contribution in [0, 0.1) is 0 Å². The second kappa shape index (κ2) is 6.74. The van der Waals surface area contributed by atoms with Crippen LogP contribution in [0.5, 0.6) is 0 Å². The Bertz CT molecular complexity index is 452. The molecular weight excluding hydrogens is 264 g/mol. The lowest BCUT2D eigenvalue weighted by molar-refractivity contribution is -0.117. The van der Waals surface area contributed by atoms with Gasteiger partial charge in [-0.25, -0.2) is 4.98 Å². The maximum atomic E-state index is 11.9. The van der Waals surface area contributed by atoms with E-state index in [0.717, 1.165) is 32.6 Å². The predicted octanol–water partition coefficient (Wildman–Crippen LogP) is 0.579. The Morgan fingerprint density at radius 3 is 3.05 bits per heavy atom. The maximum absolute atomic E-state index is 11.9. The van der Waals surface area contributed by atoms with Crippen molar-refractivity contribution in [1.82, 2.24) is 15.2 Å². The highest BCUT2D eigenvalue weighted by Gasteiger charge is 2.14. The fourth-order valence-electron chi connectivity index (χ4n) is 1.91. The third kappa shape index (κ3) is 4.38. The number of ketones is 1. The predicted molar refractivity (Wildman–Crippen MR) is 74.7 cm³/mol. The van der Waals surface area contributed by atoms with Gasteiger partial charge in [-0.05, 0) is 19.5 Å². The first-order valence-corrected chi connectivity index (χ1v) is 7.22. The molecule has 7 heteroatoms. The summed E-state index contributed by atoms with van der Waals surface area (Å²) in [4.78, 5) is 29.2. The second-order valence-electron chi connectivity index (χ2n) is 4.52. The molecule has 0 aliphatic carbocycles. The Labute approximate surface area is 116 Å². The van der Waals surface area contributed by atoms with E-state index >= 15 is 0 Å². The van der Waals surface area contributed by atoms with Crippen molar-refractivity contribution in [2.75, 3.05) is 38.0 Å². The number of anilines is 1. The number of nitrogens with one attached hydrogen (secondary N) is 2. The highest BCUT2D eigenvalue weighted by Crippen LogP contribution is 2.15.